The van der Waals surface area contributed by atoms with Crippen LogP contribution in [0.3, 0.4) is 0 Å². The highest BCUT2D eigenvalue weighted by Gasteiger charge is 2.25. The van der Waals surface area contributed by atoms with Gasteiger partial charge in [0.05, 0.1) is 13.3 Å². The molecule has 1 N–H and O–H groups in total. The molecule has 1 fully saturated rings. The zero-order chi connectivity index (χ0) is 25.1. The van der Waals surface area contributed by atoms with Crippen LogP contribution in [0.25, 0.3) is 10.1 Å². The molecule has 36 heavy (non-hydrogen) atoms. The van der Waals surface area contributed by atoms with E-state index in [9.17, 15) is 14.3 Å². The lowest BCUT2D eigenvalue weighted by atomic mass is 10.0. The molecular formula is C29H28FNO4S. The fraction of sp³-hybridized carbons (Fsp3) is 0.276. The van der Waals surface area contributed by atoms with Crippen LogP contribution in [-0.4, -0.2) is 48.7 Å². The minimum atomic E-state index is -0.229. The van der Waals surface area contributed by atoms with E-state index in [-0.39, 0.29) is 24.1 Å². The topological polar surface area (TPSA) is 59.0 Å². The first-order valence-electron chi connectivity index (χ1n) is 12.1. The van der Waals surface area contributed by atoms with Crippen LogP contribution in [0.15, 0.2) is 66.7 Å². The predicted molar refractivity (Wildman–Crippen MR) is 141 cm³/mol. The van der Waals surface area contributed by atoms with Gasteiger partial charge in [-0.3, -0.25) is 9.18 Å². The maximum absolute atomic E-state index is 13.4. The second-order valence-corrected chi connectivity index (χ2v) is 10.2. The Labute approximate surface area is 213 Å². The number of ketones is 1. The van der Waals surface area contributed by atoms with Crippen LogP contribution in [-0.2, 0) is 0 Å². The number of carbonyl (C=O) groups is 1. The van der Waals surface area contributed by atoms with E-state index >= 15 is 0 Å². The van der Waals surface area contributed by atoms with E-state index in [0.29, 0.717) is 28.5 Å². The normalized spacial score (nSPS) is 14.1. The van der Waals surface area contributed by atoms with Crippen LogP contribution >= 0.6 is 11.3 Å². The number of hydrogen-bond donors (Lipinski definition) is 1. The smallest absolute Gasteiger partial charge is 0.206 e. The molecule has 0 aliphatic carbocycles. The van der Waals surface area contributed by atoms with Crippen LogP contribution in [0.2, 0.25) is 0 Å². The number of fused-ring (bicyclic) bond motifs is 1. The minimum absolute atomic E-state index is 0.120. The number of nitrogens with zero attached hydrogens (tertiary/aromatic N) is 1. The molecule has 0 radical (unpaired) electrons. The van der Waals surface area contributed by atoms with Gasteiger partial charge in [0, 0.05) is 41.2 Å². The van der Waals surface area contributed by atoms with Crippen LogP contribution < -0.4 is 9.47 Å². The van der Waals surface area contributed by atoms with E-state index in [0.717, 1.165) is 47.5 Å². The lowest BCUT2D eigenvalue weighted by molar-refractivity contribution is 0.0755. The zero-order valence-electron chi connectivity index (χ0n) is 20.1. The van der Waals surface area contributed by atoms with Gasteiger partial charge in [0.25, 0.3) is 0 Å². The number of ether oxygens (including phenoxy) is 2. The third-order valence-corrected chi connectivity index (χ3v) is 7.46. The fourth-order valence-electron chi connectivity index (χ4n) is 4.31. The Hall–Kier alpha value is -3.42. The summed E-state index contributed by atoms with van der Waals surface area (Å²) in [7, 11) is 0. The van der Waals surface area contributed by atoms with Crippen molar-refractivity contribution < 1.29 is 23.8 Å². The average Bonchev–Trinajstić information content (AvgIpc) is 3.21. The van der Waals surface area contributed by atoms with Crippen molar-refractivity contribution in [2.45, 2.75) is 13.3 Å². The van der Waals surface area contributed by atoms with Crippen molar-refractivity contribution in [3.05, 3.63) is 82.7 Å². The maximum Gasteiger partial charge on any atom is 0.206 e. The monoisotopic (exact) mass is 505 g/mol. The summed E-state index contributed by atoms with van der Waals surface area (Å²) in [6, 6.07) is 19.8. The quantitative estimate of drug-likeness (QED) is 0.194. The first kappa shape index (κ1) is 24.3. The Balaban J connectivity index is 1.28. The molecule has 0 atom stereocenters. The van der Waals surface area contributed by atoms with E-state index in [2.05, 4.69) is 4.90 Å². The molecule has 0 unspecified atom stereocenters. The van der Waals surface area contributed by atoms with E-state index < -0.39 is 0 Å². The molecule has 186 valence electrons. The number of alkyl halides is 1. The number of thiophene rings is 1. The summed E-state index contributed by atoms with van der Waals surface area (Å²) in [6.07, 6.45) is 0.884. The number of aryl methyl sites for hydroxylation is 1. The summed E-state index contributed by atoms with van der Waals surface area (Å²) >= 11 is 1.31. The van der Waals surface area contributed by atoms with Crippen molar-refractivity contribution in [1.82, 2.24) is 4.90 Å². The van der Waals surface area contributed by atoms with E-state index in [1.807, 2.05) is 55.5 Å². The highest BCUT2D eigenvalue weighted by atomic mass is 32.1. The molecule has 1 aromatic heterocycles. The SMILES string of the molecule is Cc1ccc(C(=O)c2sc3cc(O)ccc3c2Oc2ccc(OCCCN3CC(CF)C3)cc2)cc1. The maximum atomic E-state index is 13.4. The van der Waals surface area contributed by atoms with Crippen molar-refractivity contribution >= 4 is 27.2 Å². The molecule has 0 bridgehead atoms. The number of carbonyl (C=O) groups excluding carboxylic acids is 1. The Bertz CT molecular complexity index is 1340. The molecular weight excluding hydrogens is 477 g/mol. The van der Waals surface area contributed by atoms with Gasteiger partial charge in [0.1, 0.15) is 22.1 Å². The third-order valence-electron chi connectivity index (χ3n) is 6.33. The first-order chi connectivity index (χ1) is 17.5. The molecule has 2 heterocycles. The second kappa shape index (κ2) is 10.7. The highest BCUT2D eigenvalue weighted by molar-refractivity contribution is 7.21. The number of likely N-dealkylation sites (tertiary alicyclic amines) is 1. The molecule has 0 saturated carbocycles. The van der Waals surface area contributed by atoms with Crippen molar-refractivity contribution in [3.63, 3.8) is 0 Å². The first-order valence-corrected chi connectivity index (χ1v) is 12.9. The second-order valence-electron chi connectivity index (χ2n) is 9.19. The van der Waals surface area contributed by atoms with Gasteiger partial charge in [-0.2, -0.15) is 0 Å². The zero-order valence-corrected chi connectivity index (χ0v) is 20.9. The largest absolute Gasteiger partial charge is 0.508 e. The van der Waals surface area contributed by atoms with Gasteiger partial charge in [-0.05, 0) is 55.8 Å². The van der Waals surface area contributed by atoms with Gasteiger partial charge in [-0.15, -0.1) is 11.3 Å². The van der Waals surface area contributed by atoms with Gasteiger partial charge in [0.2, 0.25) is 5.78 Å². The summed E-state index contributed by atoms with van der Waals surface area (Å²) < 4.78 is 25.4. The van der Waals surface area contributed by atoms with Crippen LogP contribution in [0.1, 0.15) is 27.2 Å². The van der Waals surface area contributed by atoms with Gasteiger partial charge >= 0.3 is 0 Å². The number of benzene rings is 3. The molecule has 4 aromatic rings. The number of phenols is 1. The third kappa shape index (κ3) is 5.37. The van der Waals surface area contributed by atoms with Crippen molar-refractivity contribution in [1.29, 1.82) is 0 Å². The number of rotatable bonds is 10. The fourth-order valence-corrected chi connectivity index (χ4v) is 5.43. The van der Waals surface area contributed by atoms with Crippen molar-refractivity contribution in [2.75, 3.05) is 32.9 Å². The van der Waals surface area contributed by atoms with E-state index in [1.165, 1.54) is 11.3 Å². The number of halogens is 1. The molecule has 0 amide bonds. The predicted octanol–water partition coefficient (Wildman–Crippen LogP) is 6.61. The Morgan fingerprint density at radius 1 is 1.06 bits per heavy atom. The minimum Gasteiger partial charge on any atom is -0.508 e. The van der Waals surface area contributed by atoms with Crippen LogP contribution in [0.5, 0.6) is 23.0 Å². The van der Waals surface area contributed by atoms with Gasteiger partial charge < -0.3 is 19.5 Å². The molecule has 7 heteroatoms. The summed E-state index contributed by atoms with van der Waals surface area (Å²) in [5.41, 5.74) is 1.67. The van der Waals surface area contributed by atoms with Gasteiger partial charge in [-0.1, -0.05) is 29.8 Å². The summed E-state index contributed by atoms with van der Waals surface area (Å²) in [6.45, 7) is 4.93. The average molecular weight is 506 g/mol. The van der Waals surface area contributed by atoms with Crippen LogP contribution in [0, 0.1) is 12.8 Å². The molecule has 5 rings (SSSR count). The van der Waals surface area contributed by atoms with E-state index in [1.54, 1.807) is 18.2 Å². The molecule has 1 aliphatic rings. The van der Waals surface area contributed by atoms with Crippen LogP contribution in [0.4, 0.5) is 4.39 Å². The van der Waals surface area contributed by atoms with E-state index in [4.69, 9.17) is 9.47 Å². The molecule has 0 spiro atoms. The highest BCUT2D eigenvalue weighted by Crippen LogP contribution is 2.42. The number of phenolic OH excluding ortho intramolecular Hbond substituents is 1. The number of hydrogen-bond acceptors (Lipinski definition) is 6. The number of aromatic hydroxyl groups is 1. The lowest BCUT2D eigenvalue weighted by Gasteiger charge is -2.37. The standard InChI is InChI=1S/C29H28FNO4S/c1-19-3-5-21(6-4-19)27(33)29-28(25-12-7-22(32)15-26(25)36-29)35-24-10-8-23(9-11-24)34-14-2-13-31-17-20(16-30)18-31/h3-12,15,20,32H,2,13-14,16-18H2,1H3. The van der Waals surface area contributed by atoms with Crippen molar-refractivity contribution in [3.8, 4) is 23.0 Å². The van der Waals surface area contributed by atoms with Gasteiger partial charge in [-0.25, -0.2) is 0 Å². The summed E-state index contributed by atoms with van der Waals surface area (Å²) in [5.74, 6) is 2.04. The molecule has 5 nitrogen and oxygen atoms in total. The van der Waals surface area contributed by atoms with Gasteiger partial charge in [0.15, 0.2) is 5.75 Å². The molecule has 1 aliphatic heterocycles. The summed E-state index contributed by atoms with van der Waals surface area (Å²) in [5, 5.41) is 10.7. The Kier molecular flexibility index (Phi) is 7.20. The molecule has 3 aromatic carbocycles. The lowest BCUT2D eigenvalue weighted by Crippen LogP contribution is -2.48. The Morgan fingerprint density at radius 3 is 2.50 bits per heavy atom. The summed E-state index contributed by atoms with van der Waals surface area (Å²) in [4.78, 5) is 16.1. The Morgan fingerprint density at radius 2 is 1.78 bits per heavy atom. The molecule has 1 saturated heterocycles. The van der Waals surface area contributed by atoms with Crippen molar-refractivity contribution in [2.24, 2.45) is 5.92 Å².